The second-order valence-electron chi connectivity index (χ2n) is 6.94. The van der Waals surface area contributed by atoms with E-state index in [-0.39, 0.29) is 24.0 Å². The van der Waals surface area contributed by atoms with E-state index in [0.717, 1.165) is 37.8 Å². The topological polar surface area (TPSA) is 73.8 Å². The van der Waals surface area contributed by atoms with E-state index in [0.29, 0.717) is 19.0 Å². The lowest BCUT2D eigenvalue weighted by Gasteiger charge is -2.30. The van der Waals surface area contributed by atoms with Gasteiger partial charge < -0.3 is 10.6 Å². The number of sulfonamides is 1. The van der Waals surface area contributed by atoms with Crippen LogP contribution in [0.15, 0.2) is 4.99 Å². The molecule has 2 fully saturated rings. The molecular formula is C16H33IN4O2S. The first-order valence-electron chi connectivity index (χ1n) is 8.88. The Morgan fingerprint density at radius 1 is 1.00 bits per heavy atom. The van der Waals surface area contributed by atoms with Gasteiger partial charge in [0.25, 0.3) is 0 Å². The number of piperidine rings is 1. The maximum Gasteiger partial charge on any atom is 0.211 e. The molecule has 0 atom stereocenters. The molecular weight excluding hydrogens is 439 g/mol. The van der Waals surface area contributed by atoms with Crippen molar-refractivity contribution in [2.45, 2.75) is 44.9 Å². The van der Waals surface area contributed by atoms with Crippen LogP contribution in [0.4, 0.5) is 0 Å². The molecule has 2 rings (SSSR count). The van der Waals surface area contributed by atoms with Crippen molar-refractivity contribution < 1.29 is 8.42 Å². The molecule has 1 aliphatic heterocycles. The van der Waals surface area contributed by atoms with Crippen molar-refractivity contribution in [3.63, 3.8) is 0 Å². The number of halogens is 1. The van der Waals surface area contributed by atoms with Gasteiger partial charge in [0, 0.05) is 33.2 Å². The van der Waals surface area contributed by atoms with Crippen LogP contribution in [-0.2, 0) is 10.0 Å². The summed E-state index contributed by atoms with van der Waals surface area (Å²) in [6, 6.07) is 0. The van der Waals surface area contributed by atoms with Crippen LogP contribution >= 0.6 is 24.0 Å². The van der Waals surface area contributed by atoms with Gasteiger partial charge in [-0.15, -0.1) is 24.0 Å². The third kappa shape index (κ3) is 7.43. The third-order valence-electron chi connectivity index (χ3n) is 5.11. The summed E-state index contributed by atoms with van der Waals surface area (Å²) in [6.45, 7) is 3.15. The zero-order valence-corrected chi connectivity index (χ0v) is 18.1. The number of aliphatic imine (C=N–C) groups is 1. The van der Waals surface area contributed by atoms with Gasteiger partial charge in [0.2, 0.25) is 10.0 Å². The summed E-state index contributed by atoms with van der Waals surface area (Å²) >= 11 is 0. The average Bonchev–Trinajstić information content (AvgIpc) is 2.55. The van der Waals surface area contributed by atoms with Crippen molar-refractivity contribution >= 4 is 40.0 Å². The van der Waals surface area contributed by atoms with E-state index in [1.165, 1.54) is 38.4 Å². The predicted molar refractivity (Wildman–Crippen MR) is 110 cm³/mol. The molecule has 2 aliphatic rings. The van der Waals surface area contributed by atoms with Crippen LogP contribution in [-0.4, -0.2) is 58.2 Å². The van der Waals surface area contributed by atoms with Crippen LogP contribution in [0.5, 0.6) is 0 Å². The fourth-order valence-corrected chi connectivity index (χ4v) is 4.41. The number of guanidine groups is 1. The van der Waals surface area contributed by atoms with E-state index in [4.69, 9.17) is 0 Å². The Balaban J connectivity index is 0.00000288. The van der Waals surface area contributed by atoms with E-state index >= 15 is 0 Å². The van der Waals surface area contributed by atoms with Gasteiger partial charge in [-0.3, -0.25) is 4.99 Å². The first kappa shape index (κ1) is 22.0. The summed E-state index contributed by atoms with van der Waals surface area (Å²) in [5, 5.41) is 6.85. The Morgan fingerprint density at radius 3 is 1.96 bits per heavy atom. The Morgan fingerprint density at radius 2 is 1.50 bits per heavy atom. The molecule has 0 aromatic rings. The summed E-state index contributed by atoms with van der Waals surface area (Å²) in [7, 11) is -1.22. The molecule has 0 spiro atoms. The molecule has 0 bridgehead atoms. The highest BCUT2D eigenvalue weighted by molar-refractivity contribution is 14.0. The first-order chi connectivity index (χ1) is 11.0. The molecule has 2 N–H and O–H groups in total. The highest BCUT2D eigenvalue weighted by atomic mass is 127. The molecule has 1 aliphatic carbocycles. The Labute approximate surface area is 164 Å². The van der Waals surface area contributed by atoms with Crippen LogP contribution in [0.2, 0.25) is 0 Å². The second-order valence-corrected chi connectivity index (χ2v) is 8.93. The number of hydrogen-bond acceptors (Lipinski definition) is 3. The van der Waals surface area contributed by atoms with Crippen molar-refractivity contribution in [2.24, 2.45) is 16.8 Å². The number of nitrogens with one attached hydrogen (secondary N) is 2. The normalized spacial score (nSPS) is 22.0. The number of hydrogen-bond donors (Lipinski definition) is 2. The standard InChI is InChI=1S/C16H32N4O2S.HI/c1-17-16(18-12-14-6-4-3-5-7-14)19-13-15-8-10-20(11-9-15)23(2,21)22;/h14-15H,3-13H2,1-2H3,(H2,17,18,19);1H. The van der Waals surface area contributed by atoms with Gasteiger partial charge in [-0.25, -0.2) is 12.7 Å². The smallest absolute Gasteiger partial charge is 0.211 e. The lowest BCUT2D eigenvalue weighted by Crippen LogP contribution is -2.44. The van der Waals surface area contributed by atoms with Gasteiger partial charge in [0.05, 0.1) is 6.26 Å². The quantitative estimate of drug-likeness (QED) is 0.365. The SMILES string of the molecule is CN=C(NCC1CCCCC1)NCC1CCN(S(C)(=O)=O)CC1.I. The van der Waals surface area contributed by atoms with Crippen molar-refractivity contribution in [1.29, 1.82) is 0 Å². The minimum atomic E-state index is -3.03. The monoisotopic (exact) mass is 472 g/mol. The predicted octanol–water partition coefficient (Wildman–Crippen LogP) is 2.02. The Kier molecular flexibility index (Phi) is 9.88. The van der Waals surface area contributed by atoms with Crippen molar-refractivity contribution in [3.8, 4) is 0 Å². The maximum atomic E-state index is 11.5. The molecule has 8 heteroatoms. The largest absolute Gasteiger partial charge is 0.356 e. The fraction of sp³-hybridized carbons (Fsp3) is 0.938. The molecule has 142 valence electrons. The lowest BCUT2D eigenvalue weighted by molar-refractivity contribution is 0.274. The molecule has 1 saturated heterocycles. The van der Waals surface area contributed by atoms with Crippen LogP contribution < -0.4 is 10.6 Å². The van der Waals surface area contributed by atoms with Crippen molar-refractivity contribution in [2.75, 3.05) is 39.5 Å². The summed E-state index contributed by atoms with van der Waals surface area (Å²) in [5.41, 5.74) is 0. The third-order valence-corrected chi connectivity index (χ3v) is 6.41. The van der Waals surface area contributed by atoms with E-state index in [1.54, 1.807) is 4.31 Å². The summed E-state index contributed by atoms with van der Waals surface area (Å²) in [4.78, 5) is 4.30. The van der Waals surface area contributed by atoms with Gasteiger partial charge in [-0.05, 0) is 37.5 Å². The van der Waals surface area contributed by atoms with E-state index in [9.17, 15) is 8.42 Å². The minimum Gasteiger partial charge on any atom is -0.356 e. The minimum absolute atomic E-state index is 0. The zero-order chi connectivity index (χ0) is 16.7. The van der Waals surface area contributed by atoms with E-state index in [1.807, 2.05) is 7.05 Å². The fourth-order valence-electron chi connectivity index (χ4n) is 3.54. The molecule has 0 amide bonds. The highest BCUT2D eigenvalue weighted by Crippen LogP contribution is 2.22. The second kappa shape index (κ2) is 10.8. The highest BCUT2D eigenvalue weighted by Gasteiger charge is 2.24. The molecule has 6 nitrogen and oxygen atoms in total. The average molecular weight is 472 g/mol. The molecule has 1 saturated carbocycles. The Bertz CT molecular complexity index is 484. The summed E-state index contributed by atoms with van der Waals surface area (Å²) < 4.78 is 24.6. The van der Waals surface area contributed by atoms with Gasteiger partial charge in [-0.2, -0.15) is 0 Å². The molecule has 1 heterocycles. The van der Waals surface area contributed by atoms with Gasteiger partial charge in [0.15, 0.2) is 5.96 Å². The zero-order valence-electron chi connectivity index (χ0n) is 15.0. The van der Waals surface area contributed by atoms with Crippen LogP contribution in [0, 0.1) is 11.8 Å². The molecule has 24 heavy (non-hydrogen) atoms. The number of nitrogens with zero attached hydrogens (tertiary/aromatic N) is 2. The first-order valence-corrected chi connectivity index (χ1v) is 10.7. The lowest BCUT2D eigenvalue weighted by atomic mass is 9.89. The molecule has 0 aromatic heterocycles. The van der Waals surface area contributed by atoms with Gasteiger partial charge in [-0.1, -0.05) is 19.3 Å². The molecule has 0 unspecified atom stereocenters. The van der Waals surface area contributed by atoms with Gasteiger partial charge in [0.1, 0.15) is 0 Å². The maximum absolute atomic E-state index is 11.5. The summed E-state index contributed by atoms with van der Waals surface area (Å²) in [5.74, 6) is 2.17. The van der Waals surface area contributed by atoms with Crippen molar-refractivity contribution in [1.82, 2.24) is 14.9 Å². The van der Waals surface area contributed by atoms with E-state index in [2.05, 4.69) is 15.6 Å². The van der Waals surface area contributed by atoms with E-state index < -0.39 is 10.0 Å². The molecule has 0 aromatic carbocycles. The Hall–Kier alpha value is -0.0900. The summed E-state index contributed by atoms with van der Waals surface area (Å²) in [6.07, 6.45) is 9.88. The van der Waals surface area contributed by atoms with Crippen LogP contribution in [0.25, 0.3) is 0 Å². The van der Waals surface area contributed by atoms with Gasteiger partial charge >= 0.3 is 0 Å². The molecule has 0 radical (unpaired) electrons. The van der Waals surface area contributed by atoms with Crippen LogP contribution in [0.1, 0.15) is 44.9 Å². The van der Waals surface area contributed by atoms with Crippen LogP contribution in [0.3, 0.4) is 0 Å². The number of rotatable bonds is 5. The van der Waals surface area contributed by atoms with Crippen molar-refractivity contribution in [3.05, 3.63) is 0 Å².